The molecule has 1 aliphatic heterocycles. The number of benzene rings is 3. The van der Waals surface area contributed by atoms with Crippen LogP contribution in [0.15, 0.2) is 72.8 Å². The first-order valence-corrected chi connectivity index (χ1v) is 13.7. The van der Waals surface area contributed by atoms with E-state index in [4.69, 9.17) is 9.47 Å². The van der Waals surface area contributed by atoms with Crippen molar-refractivity contribution in [3.05, 3.63) is 95.1 Å². The van der Waals surface area contributed by atoms with Crippen molar-refractivity contribution in [2.24, 2.45) is 0 Å². The van der Waals surface area contributed by atoms with Gasteiger partial charge in [-0.2, -0.15) is 0 Å². The number of carbonyl (C=O) groups is 2. The van der Waals surface area contributed by atoms with Crippen molar-refractivity contribution in [1.29, 1.82) is 0 Å². The summed E-state index contributed by atoms with van der Waals surface area (Å²) in [5.41, 5.74) is 4.49. The van der Waals surface area contributed by atoms with Crippen molar-refractivity contribution in [3.63, 3.8) is 0 Å². The molecule has 182 valence electrons. The molecule has 1 amide bonds. The van der Waals surface area contributed by atoms with Crippen LogP contribution >= 0.6 is 23.5 Å². The van der Waals surface area contributed by atoms with Crippen LogP contribution in [0.4, 0.5) is 5.69 Å². The summed E-state index contributed by atoms with van der Waals surface area (Å²) >= 11 is 3.92. The summed E-state index contributed by atoms with van der Waals surface area (Å²) in [6, 6.07) is 22.7. The van der Waals surface area contributed by atoms with Gasteiger partial charge in [-0.05, 0) is 66.7 Å². The minimum absolute atomic E-state index is 0.285. The summed E-state index contributed by atoms with van der Waals surface area (Å²) in [6.07, 6.45) is 0.164. The molecule has 0 aliphatic carbocycles. The van der Waals surface area contributed by atoms with Gasteiger partial charge in [-0.1, -0.05) is 54.6 Å². The number of esters is 1. The van der Waals surface area contributed by atoms with Gasteiger partial charge >= 0.3 is 5.97 Å². The second-order valence-corrected chi connectivity index (χ2v) is 11.1. The van der Waals surface area contributed by atoms with Crippen molar-refractivity contribution < 1.29 is 19.1 Å². The van der Waals surface area contributed by atoms with Gasteiger partial charge in [0.2, 0.25) is 6.10 Å². The number of anilines is 1. The Morgan fingerprint density at radius 3 is 2.40 bits per heavy atom. The molecular formula is C28H29NO4S2. The summed E-state index contributed by atoms with van der Waals surface area (Å²) < 4.78 is 11.7. The van der Waals surface area contributed by atoms with Gasteiger partial charge < -0.3 is 14.8 Å². The number of hydrogen-bond donors (Lipinski definition) is 1. The number of amides is 1. The Hall–Kier alpha value is -2.90. The average molecular weight is 508 g/mol. The zero-order valence-corrected chi connectivity index (χ0v) is 21.5. The summed E-state index contributed by atoms with van der Waals surface area (Å²) in [5, 5.41) is 2.91. The smallest absolute Gasteiger partial charge is 0.345 e. The van der Waals surface area contributed by atoms with Gasteiger partial charge in [-0.25, -0.2) is 4.79 Å². The van der Waals surface area contributed by atoms with E-state index < -0.39 is 18.0 Å². The Morgan fingerprint density at radius 1 is 0.971 bits per heavy atom. The molecule has 1 N–H and O–H groups in total. The lowest BCUT2D eigenvalue weighted by molar-refractivity contribution is -0.156. The predicted molar refractivity (Wildman–Crippen MR) is 144 cm³/mol. The number of rotatable bonds is 8. The highest BCUT2D eigenvalue weighted by molar-refractivity contribution is 8.16. The van der Waals surface area contributed by atoms with Gasteiger partial charge in [0.25, 0.3) is 5.91 Å². The van der Waals surface area contributed by atoms with Gasteiger partial charge in [0, 0.05) is 11.3 Å². The molecule has 3 aromatic carbocycles. The van der Waals surface area contributed by atoms with Crippen LogP contribution in [0.2, 0.25) is 0 Å². The molecule has 0 spiro atoms. The third-order valence-corrected chi connectivity index (χ3v) is 8.59. The maximum Gasteiger partial charge on any atom is 0.345 e. The van der Waals surface area contributed by atoms with Crippen molar-refractivity contribution in [1.82, 2.24) is 0 Å². The number of hydrogen-bond acceptors (Lipinski definition) is 6. The molecule has 0 aromatic heterocycles. The Labute approximate surface area is 215 Å². The van der Waals surface area contributed by atoms with Crippen molar-refractivity contribution in [2.45, 2.75) is 31.0 Å². The zero-order valence-electron chi connectivity index (χ0n) is 19.9. The molecule has 1 heterocycles. The molecule has 1 aliphatic rings. The third kappa shape index (κ3) is 7.05. The maximum absolute atomic E-state index is 13.1. The largest absolute Gasteiger partial charge is 0.482 e. The van der Waals surface area contributed by atoms with Gasteiger partial charge in [0.05, 0.1) is 4.58 Å². The van der Waals surface area contributed by atoms with E-state index in [1.54, 1.807) is 12.1 Å². The van der Waals surface area contributed by atoms with Crippen LogP contribution in [0.1, 0.15) is 39.4 Å². The van der Waals surface area contributed by atoms with Crippen LogP contribution < -0.4 is 10.1 Å². The second-order valence-electron chi connectivity index (χ2n) is 8.37. The van der Waals surface area contributed by atoms with E-state index in [0.717, 1.165) is 11.1 Å². The first-order valence-electron chi connectivity index (χ1n) is 11.6. The van der Waals surface area contributed by atoms with Gasteiger partial charge in [0.1, 0.15) is 5.75 Å². The second kappa shape index (κ2) is 12.2. The molecule has 7 heteroatoms. The van der Waals surface area contributed by atoms with Crippen LogP contribution in [0.5, 0.6) is 5.75 Å². The number of carbonyl (C=O) groups excluding carboxylic acids is 2. The van der Waals surface area contributed by atoms with E-state index in [9.17, 15) is 9.59 Å². The van der Waals surface area contributed by atoms with Crippen LogP contribution in [-0.2, 0) is 14.3 Å². The number of nitrogens with one attached hydrogen (secondary N) is 1. The van der Waals surface area contributed by atoms with E-state index in [0.29, 0.717) is 21.6 Å². The Kier molecular flexibility index (Phi) is 8.77. The summed E-state index contributed by atoms with van der Waals surface area (Å²) in [7, 11) is 0. The molecule has 4 rings (SSSR count). The topological polar surface area (TPSA) is 64.6 Å². The Bertz CT molecular complexity index is 1150. The van der Waals surface area contributed by atoms with E-state index in [1.165, 1.54) is 23.5 Å². The monoisotopic (exact) mass is 507 g/mol. The number of thioether (sulfide) groups is 2. The van der Waals surface area contributed by atoms with E-state index in [-0.39, 0.29) is 6.61 Å². The Morgan fingerprint density at radius 2 is 1.69 bits per heavy atom. The first-order chi connectivity index (χ1) is 17.0. The highest BCUT2D eigenvalue weighted by Crippen LogP contribution is 2.43. The molecule has 1 saturated heterocycles. The predicted octanol–water partition coefficient (Wildman–Crippen LogP) is 6.47. The van der Waals surface area contributed by atoms with Crippen LogP contribution in [-0.4, -0.2) is 30.0 Å². The average Bonchev–Trinajstić information content (AvgIpc) is 2.89. The van der Waals surface area contributed by atoms with Crippen LogP contribution in [0.3, 0.4) is 0 Å². The molecule has 5 nitrogen and oxygen atoms in total. The van der Waals surface area contributed by atoms with Gasteiger partial charge in [0.15, 0.2) is 6.61 Å². The zero-order chi connectivity index (χ0) is 24.6. The Balaban J connectivity index is 1.39. The highest BCUT2D eigenvalue weighted by Gasteiger charge is 2.26. The van der Waals surface area contributed by atoms with Crippen LogP contribution in [0.25, 0.3) is 0 Å². The first kappa shape index (κ1) is 25.2. The molecule has 1 atom stereocenters. The van der Waals surface area contributed by atoms with Gasteiger partial charge in [-0.15, -0.1) is 23.5 Å². The van der Waals surface area contributed by atoms with Crippen LogP contribution in [0, 0.1) is 13.8 Å². The SMILES string of the molecule is Cc1ccc(C)c(NC(=O)C(OC(=O)COc2ccc(C3SCCCS3)cc2)c2ccccc2)c1. The lowest BCUT2D eigenvalue weighted by Gasteiger charge is -2.21. The fourth-order valence-corrected chi connectivity index (χ4v) is 6.57. The standard InChI is InChI=1S/C28H29NO4S2/c1-19-9-10-20(2)24(17-19)29-27(31)26(21-7-4-3-5-8-21)33-25(30)18-32-23-13-11-22(12-14-23)28-34-15-6-16-35-28/h3-5,7-14,17,26,28H,6,15-16,18H2,1-2H3,(H,29,31). The summed E-state index contributed by atoms with van der Waals surface area (Å²) in [5.74, 6) is 1.93. The molecular weight excluding hydrogens is 478 g/mol. The van der Waals surface area contributed by atoms with E-state index in [1.807, 2.05) is 98.0 Å². The minimum atomic E-state index is -1.09. The van der Waals surface area contributed by atoms with E-state index in [2.05, 4.69) is 5.32 Å². The quantitative estimate of drug-likeness (QED) is 0.352. The van der Waals surface area contributed by atoms with Gasteiger partial charge in [-0.3, -0.25) is 4.79 Å². The normalized spacial score (nSPS) is 14.7. The molecule has 3 aromatic rings. The lowest BCUT2D eigenvalue weighted by atomic mass is 10.1. The van der Waals surface area contributed by atoms with Crippen molar-refractivity contribution >= 4 is 41.1 Å². The molecule has 1 unspecified atom stereocenters. The van der Waals surface area contributed by atoms with Crippen molar-refractivity contribution in [2.75, 3.05) is 23.4 Å². The summed E-state index contributed by atoms with van der Waals surface area (Å²) in [4.78, 5) is 25.8. The molecule has 35 heavy (non-hydrogen) atoms. The minimum Gasteiger partial charge on any atom is -0.482 e. The molecule has 0 bridgehead atoms. The fraction of sp³-hybridized carbons (Fsp3) is 0.286. The molecule has 0 saturated carbocycles. The maximum atomic E-state index is 13.1. The molecule has 0 radical (unpaired) electrons. The third-order valence-electron chi connectivity index (χ3n) is 5.58. The van der Waals surface area contributed by atoms with Crippen molar-refractivity contribution in [3.8, 4) is 5.75 Å². The lowest BCUT2D eigenvalue weighted by Crippen LogP contribution is -2.28. The molecule has 1 fully saturated rings. The number of aryl methyl sites for hydroxylation is 2. The van der Waals surface area contributed by atoms with E-state index >= 15 is 0 Å². The number of ether oxygens (including phenoxy) is 2. The highest BCUT2D eigenvalue weighted by atomic mass is 32.2. The summed E-state index contributed by atoms with van der Waals surface area (Å²) in [6.45, 7) is 3.59. The fourth-order valence-electron chi connectivity index (χ4n) is 3.68.